The van der Waals surface area contributed by atoms with Gasteiger partial charge in [0.15, 0.2) is 0 Å². The van der Waals surface area contributed by atoms with Gasteiger partial charge in [-0.3, -0.25) is 4.90 Å². The highest BCUT2D eigenvalue weighted by molar-refractivity contribution is 5.85. The lowest BCUT2D eigenvalue weighted by atomic mass is 10.0. The molecule has 1 aromatic carbocycles. The van der Waals surface area contributed by atoms with Crippen molar-refractivity contribution in [2.45, 2.75) is 19.4 Å². The van der Waals surface area contributed by atoms with E-state index >= 15 is 0 Å². The monoisotopic (exact) mass is 276 g/mol. The van der Waals surface area contributed by atoms with Crippen molar-refractivity contribution in [2.75, 3.05) is 26.2 Å². The lowest BCUT2D eigenvalue weighted by Gasteiger charge is -2.34. The Bertz CT molecular complexity index is 287. The number of rotatable bonds is 3. The number of hydrogen-bond acceptors (Lipinski definition) is 2. The zero-order valence-electron chi connectivity index (χ0n) is 10.3. The molecule has 0 radical (unpaired) electrons. The molecule has 1 heterocycles. The largest absolute Gasteiger partial charge is 0.314 e. The first kappa shape index (κ1) is 16.7. The van der Waals surface area contributed by atoms with Gasteiger partial charge in [0.25, 0.3) is 0 Å². The average molecular weight is 277 g/mol. The molecule has 0 aliphatic carbocycles. The molecule has 1 aliphatic rings. The molecular weight excluding hydrogens is 255 g/mol. The summed E-state index contributed by atoms with van der Waals surface area (Å²) < 4.78 is 0. The molecule has 0 bridgehead atoms. The summed E-state index contributed by atoms with van der Waals surface area (Å²) in [7, 11) is 0. The second-order valence-corrected chi connectivity index (χ2v) is 4.12. The Labute approximate surface area is 117 Å². The highest BCUT2D eigenvalue weighted by atomic mass is 35.5. The van der Waals surface area contributed by atoms with Crippen LogP contribution in [0.15, 0.2) is 30.3 Å². The third kappa shape index (κ3) is 4.47. The number of nitrogens with one attached hydrogen (secondary N) is 1. The van der Waals surface area contributed by atoms with E-state index < -0.39 is 0 Å². The van der Waals surface area contributed by atoms with Crippen LogP contribution < -0.4 is 5.32 Å². The second kappa shape index (κ2) is 8.76. The summed E-state index contributed by atoms with van der Waals surface area (Å²) in [6, 6.07) is 11.5. The predicted octanol–water partition coefficient (Wildman–Crippen LogP) is 2.89. The molecule has 0 saturated carbocycles. The fraction of sp³-hybridized carbons (Fsp3) is 0.538. The van der Waals surface area contributed by atoms with E-state index in [1.165, 1.54) is 25.1 Å². The van der Waals surface area contributed by atoms with Crippen molar-refractivity contribution in [1.82, 2.24) is 10.2 Å². The van der Waals surface area contributed by atoms with Crippen LogP contribution in [0.4, 0.5) is 0 Å². The second-order valence-electron chi connectivity index (χ2n) is 4.12. The third-order valence-corrected chi connectivity index (χ3v) is 3.16. The Kier molecular flexibility index (Phi) is 8.61. The van der Waals surface area contributed by atoms with Crippen molar-refractivity contribution in [3.63, 3.8) is 0 Å². The maximum Gasteiger partial charge on any atom is 0.0346 e. The number of hydrogen-bond donors (Lipinski definition) is 1. The maximum absolute atomic E-state index is 3.40. The molecule has 17 heavy (non-hydrogen) atoms. The molecule has 1 saturated heterocycles. The first-order valence-electron chi connectivity index (χ1n) is 5.91. The van der Waals surface area contributed by atoms with Crippen molar-refractivity contribution in [3.8, 4) is 0 Å². The first-order valence-corrected chi connectivity index (χ1v) is 5.91. The van der Waals surface area contributed by atoms with Crippen LogP contribution in [0.2, 0.25) is 0 Å². The normalized spacial score (nSPS) is 17.7. The van der Waals surface area contributed by atoms with Crippen LogP contribution in [0.5, 0.6) is 0 Å². The summed E-state index contributed by atoms with van der Waals surface area (Å²) in [5.41, 5.74) is 1.46. The smallest absolute Gasteiger partial charge is 0.0346 e. The summed E-state index contributed by atoms with van der Waals surface area (Å²) >= 11 is 0. The molecule has 0 amide bonds. The molecule has 2 nitrogen and oxygen atoms in total. The van der Waals surface area contributed by atoms with Gasteiger partial charge < -0.3 is 5.32 Å². The molecule has 1 aromatic rings. The van der Waals surface area contributed by atoms with Crippen LogP contribution >= 0.6 is 24.8 Å². The zero-order valence-corrected chi connectivity index (χ0v) is 11.9. The van der Waals surface area contributed by atoms with Crippen LogP contribution in [-0.2, 0) is 0 Å². The number of halogens is 2. The third-order valence-electron chi connectivity index (χ3n) is 3.16. The molecule has 98 valence electrons. The molecule has 1 atom stereocenters. The van der Waals surface area contributed by atoms with Gasteiger partial charge in [-0.25, -0.2) is 0 Å². The first-order chi connectivity index (χ1) is 7.42. The highest BCUT2D eigenvalue weighted by Gasteiger charge is 2.19. The highest BCUT2D eigenvalue weighted by Crippen LogP contribution is 2.23. The molecular formula is C13H22Cl2N2. The quantitative estimate of drug-likeness (QED) is 0.914. The molecule has 2 rings (SSSR count). The van der Waals surface area contributed by atoms with Crippen LogP contribution in [0.25, 0.3) is 0 Å². The van der Waals surface area contributed by atoms with E-state index in [-0.39, 0.29) is 24.8 Å². The summed E-state index contributed by atoms with van der Waals surface area (Å²) in [6.45, 7) is 6.88. The van der Waals surface area contributed by atoms with E-state index in [0.29, 0.717) is 6.04 Å². The fourth-order valence-corrected chi connectivity index (χ4v) is 2.37. The number of nitrogens with zero attached hydrogens (tertiary/aromatic N) is 1. The van der Waals surface area contributed by atoms with Crippen molar-refractivity contribution in [3.05, 3.63) is 35.9 Å². The Hall–Kier alpha value is -0.280. The van der Waals surface area contributed by atoms with Crippen LogP contribution in [0, 0.1) is 0 Å². The van der Waals surface area contributed by atoms with Gasteiger partial charge in [-0.2, -0.15) is 0 Å². The minimum atomic E-state index is 0. The van der Waals surface area contributed by atoms with Crippen molar-refractivity contribution in [2.24, 2.45) is 0 Å². The van der Waals surface area contributed by atoms with E-state index in [9.17, 15) is 0 Å². The lowest BCUT2D eigenvalue weighted by Crippen LogP contribution is -2.45. The van der Waals surface area contributed by atoms with Crippen molar-refractivity contribution < 1.29 is 0 Å². The lowest BCUT2D eigenvalue weighted by molar-refractivity contribution is 0.169. The number of piperazine rings is 1. The fourth-order valence-electron chi connectivity index (χ4n) is 2.37. The van der Waals surface area contributed by atoms with Crippen LogP contribution in [-0.4, -0.2) is 31.1 Å². The minimum Gasteiger partial charge on any atom is -0.314 e. The molecule has 1 aliphatic heterocycles. The van der Waals surface area contributed by atoms with Crippen LogP contribution in [0.1, 0.15) is 24.9 Å². The van der Waals surface area contributed by atoms with Gasteiger partial charge in [0.1, 0.15) is 0 Å². The zero-order chi connectivity index (χ0) is 10.5. The Morgan fingerprint density at radius 2 is 1.71 bits per heavy atom. The predicted molar refractivity (Wildman–Crippen MR) is 78.4 cm³/mol. The summed E-state index contributed by atoms with van der Waals surface area (Å²) in [4.78, 5) is 2.59. The molecule has 1 unspecified atom stereocenters. The summed E-state index contributed by atoms with van der Waals surface area (Å²) in [5, 5.41) is 3.40. The molecule has 4 heteroatoms. The SMILES string of the molecule is CCC(c1ccccc1)N1CCNCC1.Cl.Cl. The standard InChI is InChI=1S/C13H20N2.2ClH/c1-2-13(12-6-4-3-5-7-12)15-10-8-14-9-11-15;;/h3-7,13-14H,2,8-11H2,1H3;2*1H. The summed E-state index contributed by atoms with van der Waals surface area (Å²) in [5.74, 6) is 0. The van der Waals surface area contributed by atoms with Gasteiger partial charge >= 0.3 is 0 Å². The Morgan fingerprint density at radius 1 is 1.12 bits per heavy atom. The Morgan fingerprint density at radius 3 is 2.24 bits per heavy atom. The van der Waals surface area contributed by atoms with Gasteiger partial charge in [0.05, 0.1) is 0 Å². The van der Waals surface area contributed by atoms with Gasteiger partial charge in [-0.1, -0.05) is 37.3 Å². The van der Waals surface area contributed by atoms with Crippen molar-refractivity contribution in [1.29, 1.82) is 0 Å². The van der Waals surface area contributed by atoms with Gasteiger partial charge in [-0.15, -0.1) is 24.8 Å². The summed E-state index contributed by atoms with van der Waals surface area (Å²) in [6.07, 6.45) is 1.20. The Balaban J connectivity index is 0.00000128. The van der Waals surface area contributed by atoms with E-state index in [4.69, 9.17) is 0 Å². The van der Waals surface area contributed by atoms with Gasteiger partial charge in [0, 0.05) is 32.2 Å². The van der Waals surface area contributed by atoms with Gasteiger partial charge in [-0.05, 0) is 12.0 Å². The van der Waals surface area contributed by atoms with Crippen LogP contribution in [0.3, 0.4) is 0 Å². The molecule has 1 N–H and O–H groups in total. The maximum atomic E-state index is 3.40. The van der Waals surface area contributed by atoms with Crippen molar-refractivity contribution >= 4 is 24.8 Å². The average Bonchev–Trinajstić information content (AvgIpc) is 2.33. The molecule has 1 fully saturated rings. The van der Waals surface area contributed by atoms with E-state index in [1.807, 2.05) is 0 Å². The number of benzene rings is 1. The minimum absolute atomic E-state index is 0. The van der Waals surface area contributed by atoms with E-state index in [1.54, 1.807) is 0 Å². The molecule has 0 aromatic heterocycles. The van der Waals surface area contributed by atoms with E-state index in [2.05, 4.69) is 47.5 Å². The topological polar surface area (TPSA) is 15.3 Å². The van der Waals surface area contributed by atoms with Gasteiger partial charge in [0.2, 0.25) is 0 Å². The van der Waals surface area contributed by atoms with E-state index in [0.717, 1.165) is 13.1 Å². The molecule has 0 spiro atoms.